The number of alkyl halides is 1. The van der Waals surface area contributed by atoms with E-state index in [1.165, 1.54) is 5.56 Å². The summed E-state index contributed by atoms with van der Waals surface area (Å²) >= 11 is 3.64. The Morgan fingerprint density at radius 1 is 1.07 bits per heavy atom. The lowest BCUT2D eigenvalue weighted by atomic mass is 9.79. The van der Waals surface area contributed by atoms with Crippen molar-refractivity contribution in [1.82, 2.24) is 0 Å². The zero-order valence-electron chi connectivity index (χ0n) is 15.3. The highest BCUT2D eigenvalue weighted by Crippen LogP contribution is 2.60. The van der Waals surface area contributed by atoms with E-state index >= 15 is 0 Å². The van der Waals surface area contributed by atoms with Crippen LogP contribution in [0.5, 0.6) is 11.5 Å². The Hall–Kier alpha value is -2.34. The molecule has 6 heteroatoms. The fraction of sp³-hybridized carbons (Fsp3) is 0.364. The molecule has 3 aliphatic rings. The Balaban J connectivity index is 1.27. The van der Waals surface area contributed by atoms with Crippen LogP contribution >= 0.6 is 15.9 Å². The maximum Gasteiger partial charge on any atom is 0.310 e. The molecule has 1 heterocycles. The Morgan fingerprint density at radius 3 is 2.39 bits per heavy atom. The summed E-state index contributed by atoms with van der Waals surface area (Å²) in [6, 6.07) is 15.1. The van der Waals surface area contributed by atoms with E-state index in [2.05, 4.69) is 21.2 Å². The first-order valence-corrected chi connectivity index (χ1v) is 10.4. The van der Waals surface area contributed by atoms with Crippen LogP contribution in [0.25, 0.3) is 0 Å². The number of anilines is 1. The molecule has 1 amide bonds. The molecular weight excluding hydrogens is 422 g/mol. The van der Waals surface area contributed by atoms with Gasteiger partial charge in [-0.15, -0.1) is 0 Å². The number of rotatable bonds is 4. The van der Waals surface area contributed by atoms with Gasteiger partial charge in [-0.3, -0.25) is 9.59 Å². The number of amides is 1. The molecule has 5 rings (SSSR count). The van der Waals surface area contributed by atoms with Crippen LogP contribution in [0.1, 0.15) is 12.0 Å². The number of aryl methyl sites for hydroxylation is 1. The van der Waals surface area contributed by atoms with Crippen molar-refractivity contribution < 1.29 is 19.1 Å². The molecule has 0 radical (unpaired) electrons. The second kappa shape index (κ2) is 6.62. The number of carbonyl (C=O) groups is 2. The van der Waals surface area contributed by atoms with Gasteiger partial charge >= 0.3 is 5.97 Å². The average molecular weight is 442 g/mol. The number of hydrogen-bond donors (Lipinski definition) is 1. The van der Waals surface area contributed by atoms with Crippen molar-refractivity contribution in [3.63, 3.8) is 0 Å². The van der Waals surface area contributed by atoms with Gasteiger partial charge in [-0.25, -0.2) is 0 Å². The van der Waals surface area contributed by atoms with Crippen molar-refractivity contribution in [2.75, 3.05) is 5.32 Å². The molecule has 2 aromatic carbocycles. The van der Waals surface area contributed by atoms with Crippen molar-refractivity contribution in [2.45, 2.75) is 24.3 Å². The van der Waals surface area contributed by atoms with Gasteiger partial charge in [0.25, 0.3) is 0 Å². The van der Waals surface area contributed by atoms with Crippen molar-refractivity contribution >= 4 is 33.5 Å². The number of esters is 1. The molecule has 0 aromatic heterocycles. The number of benzene rings is 2. The van der Waals surface area contributed by atoms with Gasteiger partial charge in [0.15, 0.2) is 0 Å². The van der Waals surface area contributed by atoms with Crippen LogP contribution in [0.2, 0.25) is 0 Å². The standard InChI is InChI=1S/C22H20BrNO4/c1-11-2-6-13(7-3-11)27-14-8-4-12(5-9-14)24-21(25)17-15-10-16-18(17)22(26)28-20(16)19(15)23/h2-9,15-20H,10H2,1H3,(H,24,25)/t15-,16-,17-,18+,19+,20+/m1/s1. The number of hydrogen-bond acceptors (Lipinski definition) is 4. The van der Waals surface area contributed by atoms with Crippen LogP contribution in [-0.4, -0.2) is 22.8 Å². The van der Waals surface area contributed by atoms with Crippen LogP contribution in [-0.2, 0) is 14.3 Å². The third-order valence-electron chi connectivity index (χ3n) is 6.20. The first-order valence-electron chi connectivity index (χ1n) is 9.51. The zero-order valence-corrected chi connectivity index (χ0v) is 16.9. The van der Waals surface area contributed by atoms with E-state index in [0.717, 1.165) is 12.2 Å². The topological polar surface area (TPSA) is 64.6 Å². The summed E-state index contributed by atoms with van der Waals surface area (Å²) in [5.41, 5.74) is 1.87. The summed E-state index contributed by atoms with van der Waals surface area (Å²) < 4.78 is 11.3. The molecule has 2 saturated carbocycles. The summed E-state index contributed by atoms with van der Waals surface area (Å²) in [5.74, 6) is 0.829. The van der Waals surface area contributed by atoms with E-state index in [1.54, 1.807) is 0 Å². The van der Waals surface area contributed by atoms with E-state index in [-0.39, 0.29) is 46.5 Å². The molecule has 1 aliphatic heterocycles. The number of ether oxygens (including phenoxy) is 2. The number of nitrogens with one attached hydrogen (secondary N) is 1. The molecule has 1 N–H and O–H groups in total. The van der Waals surface area contributed by atoms with E-state index in [9.17, 15) is 9.59 Å². The monoisotopic (exact) mass is 441 g/mol. The first kappa shape index (κ1) is 17.7. The van der Waals surface area contributed by atoms with E-state index in [1.807, 2.05) is 55.5 Å². The molecule has 6 atom stereocenters. The van der Waals surface area contributed by atoms with Crippen LogP contribution in [0.15, 0.2) is 48.5 Å². The largest absolute Gasteiger partial charge is 0.461 e. The van der Waals surface area contributed by atoms with Gasteiger partial charge in [0, 0.05) is 11.6 Å². The lowest BCUT2D eigenvalue weighted by Crippen LogP contribution is -2.40. The van der Waals surface area contributed by atoms with Gasteiger partial charge in [0.05, 0.1) is 16.7 Å². The molecule has 3 fully saturated rings. The molecule has 2 aliphatic carbocycles. The number of carbonyl (C=O) groups excluding carboxylic acids is 2. The van der Waals surface area contributed by atoms with Gasteiger partial charge < -0.3 is 14.8 Å². The Morgan fingerprint density at radius 2 is 1.71 bits per heavy atom. The van der Waals surface area contributed by atoms with E-state index < -0.39 is 0 Å². The quantitative estimate of drug-likeness (QED) is 0.567. The highest BCUT2D eigenvalue weighted by atomic mass is 79.9. The van der Waals surface area contributed by atoms with Crippen molar-refractivity contribution in [2.24, 2.45) is 23.7 Å². The van der Waals surface area contributed by atoms with Crippen molar-refractivity contribution in [3.8, 4) is 11.5 Å². The van der Waals surface area contributed by atoms with Gasteiger partial charge in [-0.05, 0) is 55.7 Å². The molecule has 2 aromatic rings. The molecule has 0 unspecified atom stereocenters. The average Bonchev–Trinajstić information content (AvgIpc) is 3.29. The lowest BCUT2D eigenvalue weighted by molar-refractivity contribution is -0.145. The summed E-state index contributed by atoms with van der Waals surface area (Å²) in [7, 11) is 0. The zero-order chi connectivity index (χ0) is 19.4. The minimum absolute atomic E-state index is 0.0650. The molecule has 2 bridgehead atoms. The minimum atomic E-state index is -0.330. The summed E-state index contributed by atoms with van der Waals surface area (Å²) in [6.45, 7) is 2.03. The summed E-state index contributed by atoms with van der Waals surface area (Å²) in [6.07, 6.45) is 0.808. The summed E-state index contributed by atoms with van der Waals surface area (Å²) in [5, 5.41) is 2.97. The molecule has 5 nitrogen and oxygen atoms in total. The Labute approximate surface area is 171 Å². The first-order chi connectivity index (χ1) is 13.5. The third kappa shape index (κ3) is 2.82. The van der Waals surface area contributed by atoms with E-state index in [0.29, 0.717) is 11.4 Å². The lowest BCUT2D eigenvalue weighted by Gasteiger charge is -2.27. The predicted octanol–water partition coefficient (Wildman–Crippen LogP) is 4.30. The van der Waals surface area contributed by atoms with Gasteiger partial charge in [-0.2, -0.15) is 0 Å². The van der Waals surface area contributed by atoms with Crippen LogP contribution in [0.3, 0.4) is 0 Å². The fourth-order valence-electron chi connectivity index (χ4n) is 4.90. The maximum absolute atomic E-state index is 12.9. The van der Waals surface area contributed by atoms with Gasteiger partial charge in [0.1, 0.15) is 17.6 Å². The molecule has 1 saturated heterocycles. The smallest absolute Gasteiger partial charge is 0.310 e. The second-order valence-electron chi connectivity index (χ2n) is 7.89. The Bertz CT molecular complexity index is 927. The third-order valence-corrected chi connectivity index (χ3v) is 7.40. The maximum atomic E-state index is 12.9. The Kier molecular flexibility index (Phi) is 4.19. The van der Waals surface area contributed by atoms with Crippen LogP contribution in [0.4, 0.5) is 5.69 Å². The fourth-order valence-corrected chi connectivity index (χ4v) is 5.95. The normalized spacial score (nSPS) is 32.3. The SMILES string of the molecule is Cc1ccc(Oc2ccc(NC(=O)[C@@H]3[C@H]4C[C@H]5[C@H](OC(=O)[C@@H]53)[C@H]4Br)cc2)cc1. The van der Waals surface area contributed by atoms with Crippen molar-refractivity contribution in [3.05, 3.63) is 54.1 Å². The minimum Gasteiger partial charge on any atom is -0.461 e. The van der Waals surface area contributed by atoms with Crippen LogP contribution in [0, 0.1) is 30.6 Å². The van der Waals surface area contributed by atoms with E-state index in [4.69, 9.17) is 9.47 Å². The number of halogens is 1. The predicted molar refractivity (Wildman–Crippen MR) is 107 cm³/mol. The molecule has 0 spiro atoms. The van der Waals surface area contributed by atoms with Gasteiger partial charge in [0.2, 0.25) is 5.91 Å². The molecule has 28 heavy (non-hydrogen) atoms. The molecule has 144 valence electrons. The molecular formula is C22H20BrNO4. The highest BCUT2D eigenvalue weighted by molar-refractivity contribution is 9.09. The summed E-state index contributed by atoms with van der Waals surface area (Å²) in [4.78, 5) is 25.2. The second-order valence-corrected chi connectivity index (χ2v) is 8.95. The van der Waals surface area contributed by atoms with Crippen LogP contribution < -0.4 is 10.1 Å². The highest BCUT2D eigenvalue weighted by Gasteiger charge is 2.67. The van der Waals surface area contributed by atoms with Crippen molar-refractivity contribution in [1.29, 1.82) is 0 Å². The van der Waals surface area contributed by atoms with Gasteiger partial charge in [-0.1, -0.05) is 33.6 Å². The number of fused-ring (bicyclic) bond motifs is 1.